The van der Waals surface area contributed by atoms with Crippen LogP contribution in [0.5, 0.6) is 5.75 Å². The van der Waals surface area contributed by atoms with Crippen LogP contribution in [0.3, 0.4) is 0 Å². The second-order valence-electron chi connectivity index (χ2n) is 5.07. The van der Waals surface area contributed by atoms with E-state index in [0.717, 1.165) is 6.42 Å². The van der Waals surface area contributed by atoms with Crippen LogP contribution in [0.15, 0.2) is 48.5 Å². The van der Waals surface area contributed by atoms with Gasteiger partial charge in [-0.15, -0.1) is 0 Å². The summed E-state index contributed by atoms with van der Waals surface area (Å²) in [5.74, 6) is 0.376. The van der Waals surface area contributed by atoms with Crippen molar-refractivity contribution in [1.82, 2.24) is 0 Å². The van der Waals surface area contributed by atoms with Crippen LogP contribution in [0.25, 0.3) is 0 Å². The molecule has 0 fully saturated rings. The lowest BCUT2D eigenvalue weighted by molar-refractivity contribution is -0.384. The molecular weight excluding hydrogens is 282 g/mol. The van der Waals surface area contributed by atoms with E-state index in [2.05, 4.69) is 13.8 Å². The van der Waals surface area contributed by atoms with Crippen LogP contribution in [-0.2, 0) is 0 Å². The largest absolute Gasteiger partial charge is 0.423 e. The Labute approximate surface area is 128 Å². The van der Waals surface area contributed by atoms with Crippen LogP contribution < -0.4 is 4.74 Å². The minimum atomic E-state index is -0.536. The lowest BCUT2D eigenvalue weighted by Crippen LogP contribution is -2.08. The highest BCUT2D eigenvalue weighted by molar-refractivity contribution is 5.91. The van der Waals surface area contributed by atoms with Crippen molar-refractivity contribution in [1.29, 1.82) is 0 Å². The monoisotopic (exact) mass is 299 g/mol. The molecule has 0 aliphatic rings. The molecule has 22 heavy (non-hydrogen) atoms. The molecule has 0 saturated carbocycles. The predicted octanol–water partition coefficient (Wildman–Crippen LogP) is 4.33. The third-order valence-electron chi connectivity index (χ3n) is 3.59. The smallest absolute Gasteiger partial charge is 0.343 e. The third-order valence-corrected chi connectivity index (χ3v) is 3.59. The molecule has 0 saturated heterocycles. The van der Waals surface area contributed by atoms with Crippen molar-refractivity contribution in [3.63, 3.8) is 0 Å². The summed E-state index contributed by atoms with van der Waals surface area (Å²) in [6.45, 7) is 4.26. The van der Waals surface area contributed by atoms with Crippen molar-refractivity contribution in [2.45, 2.75) is 26.2 Å². The SMILES string of the molecule is CCC(C)c1ccc(OC(=O)c2ccc([N+](=O)[O-])cc2)cc1. The zero-order valence-electron chi connectivity index (χ0n) is 12.5. The summed E-state index contributed by atoms with van der Waals surface area (Å²) in [5.41, 5.74) is 1.41. The molecule has 2 aromatic rings. The van der Waals surface area contributed by atoms with Crippen molar-refractivity contribution in [3.05, 3.63) is 69.8 Å². The predicted molar refractivity (Wildman–Crippen MR) is 83.2 cm³/mol. The zero-order chi connectivity index (χ0) is 16.1. The molecular formula is C17H17NO4. The number of ether oxygens (including phenoxy) is 1. The van der Waals surface area contributed by atoms with Crippen molar-refractivity contribution < 1.29 is 14.5 Å². The number of hydrogen-bond acceptors (Lipinski definition) is 4. The first-order valence-electron chi connectivity index (χ1n) is 7.08. The maximum Gasteiger partial charge on any atom is 0.343 e. The van der Waals surface area contributed by atoms with Gasteiger partial charge in [-0.05, 0) is 42.2 Å². The van der Waals surface area contributed by atoms with Crippen molar-refractivity contribution in [3.8, 4) is 5.75 Å². The number of benzene rings is 2. The lowest BCUT2D eigenvalue weighted by Gasteiger charge is -2.10. The third kappa shape index (κ3) is 3.69. The molecule has 0 spiro atoms. The van der Waals surface area contributed by atoms with Crippen LogP contribution in [0.2, 0.25) is 0 Å². The minimum absolute atomic E-state index is 0.0607. The topological polar surface area (TPSA) is 69.4 Å². The fourth-order valence-electron chi connectivity index (χ4n) is 1.99. The zero-order valence-corrected chi connectivity index (χ0v) is 12.5. The van der Waals surface area contributed by atoms with Gasteiger partial charge in [-0.1, -0.05) is 26.0 Å². The van der Waals surface area contributed by atoms with Gasteiger partial charge in [0.1, 0.15) is 5.75 Å². The number of esters is 1. The Morgan fingerprint density at radius 2 is 1.73 bits per heavy atom. The maximum absolute atomic E-state index is 12.0. The quantitative estimate of drug-likeness (QED) is 0.356. The van der Waals surface area contributed by atoms with Gasteiger partial charge in [-0.2, -0.15) is 0 Å². The highest BCUT2D eigenvalue weighted by Crippen LogP contribution is 2.22. The van der Waals surface area contributed by atoms with Crippen molar-refractivity contribution >= 4 is 11.7 Å². The summed E-state index contributed by atoms with van der Waals surface area (Å²) in [6.07, 6.45) is 1.04. The molecule has 0 aliphatic carbocycles. The maximum atomic E-state index is 12.0. The standard InChI is InChI=1S/C17H17NO4/c1-3-12(2)13-6-10-16(11-7-13)22-17(19)14-4-8-15(9-5-14)18(20)21/h4-12H,3H2,1-2H3. The molecule has 1 atom stereocenters. The molecule has 0 aromatic heterocycles. The van der Waals surface area contributed by atoms with E-state index in [0.29, 0.717) is 11.7 Å². The molecule has 0 bridgehead atoms. The Morgan fingerprint density at radius 3 is 2.23 bits per heavy atom. The van der Waals surface area contributed by atoms with Gasteiger partial charge >= 0.3 is 5.97 Å². The Balaban J connectivity index is 2.06. The van der Waals surface area contributed by atoms with E-state index in [1.54, 1.807) is 12.1 Å². The molecule has 2 rings (SSSR count). The summed E-state index contributed by atoms with van der Waals surface area (Å²) < 4.78 is 5.26. The first-order chi connectivity index (χ1) is 10.5. The van der Waals surface area contributed by atoms with Gasteiger partial charge in [0.2, 0.25) is 0 Å². The van der Waals surface area contributed by atoms with Crippen LogP contribution in [-0.4, -0.2) is 10.9 Å². The Hall–Kier alpha value is -2.69. The Morgan fingerprint density at radius 1 is 1.14 bits per heavy atom. The van der Waals surface area contributed by atoms with Crippen LogP contribution >= 0.6 is 0 Å². The van der Waals surface area contributed by atoms with Crippen LogP contribution in [0.1, 0.15) is 42.1 Å². The molecule has 0 amide bonds. The summed E-state index contributed by atoms with van der Waals surface area (Å²) in [5, 5.41) is 10.6. The van der Waals surface area contributed by atoms with Crippen LogP contribution in [0.4, 0.5) is 5.69 Å². The van der Waals surface area contributed by atoms with Gasteiger partial charge in [0.15, 0.2) is 0 Å². The summed E-state index contributed by atoms with van der Waals surface area (Å²) in [4.78, 5) is 22.0. The highest BCUT2D eigenvalue weighted by Gasteiger charge is 2.12. The number of carbonyl (C=O) groups is 1. The summed E-state index contributed by atoms with van der Waals surface area (Å²) >= 11 is 0. The highest BCUT2D eigenvalue weighted by atomic mass is 16.6. The van der Waals surface area contributed by atoms with Gasteiger partial charge in [0.25, 0.3) is 5.69 Å². The van der Waals surface area contributed by atoms with E-state index in [-0.39, 0.29) is 11.3 Å². The van der Waals surface area contributed by atoms with E-state index in [4.69, 9.17) is 4.74 Å². The number of hydrogen-bond donors (Lipinski definition) is 0. The Bertz CT molecular complexity index is 662. The number of rotatable bonds is 5. The van der Waals surface area contributed by atoms with Crippen molar-refractivity contribution in [2.24, 2.45) is 0 Å². The molecule has 0 heterocycles. The molecule has 2 aromatic carbocycles. The van der Waals surface area contributed by atoms with Gasteiger partial charge in [-0.25, -0.2) is 4.79 Å². The average Bonchev–Trinajstić information content (AvgIpc) is 2.54. The Kier molecular flexibility index (Phi) is 4.88. The van der Waals surface area contributed by atoms with E-state index in [1.807, 2.05) is 12.1 Å². The number of non-ortho nitro benzene ring substituents is 1. The van der Waals surface area contributed by atoms with E-state index in [9.17, 15) is 14.9 Å². The van der Waals surface area contributed by atoms with Gasteiger partial charge < -0.3 is 4.74 Å². The van der Waals surface area contributed by atoms with E-state index in [1.165, 1.54) is 29.8 Å². The minimum Gasteiger partial charge on any atom is -0.423 e. The normalized spacial score (nSPS) is 11.7. The van der Waals surface area contributed by atoms with E-state index >= 15 is 0 Å². The average molecular weight is 299 g/mol. The summed E-state index contributed by atoms with van der Waals surface area (Å²) in [7, 11) is 0. The second-order valence-corrected chi connectivity index (χ2v) is 5.07. The molecule has 1 unspecified atom stereocenters. The summed E-state index contributed by atoms with van der Waals surface area (Å²) in [6, 6.07) is 12.7. The van der Waals surface area contributed by atoms with Gasteiger partial charge in [0.05, 0.1) is 10.5 Å². The molecule has 0 N–H and O–H groups in total. The molecule has 114 valence electrons. The van der Waals surface area contributed by atoms with Gasteiger partial charge in [-0.3, -0.25) is 10.1 Å². The molecule has 0 aliphatic heterocycles. The number of nitro benzene ring substituents is 1. The lowest BCUT2D eigenvalue weighted by atomic mass is 9.99. The van der Waals surface area contributed by atoms with Crippen molar-refractivity contribution in [2.75, 3.05) is 0 Å². The fraction of sp³-hybridized carbons (Fsp3) is 0.235. The van der Waals surface area contributed by atoms with Gasteiger partial charge in [0, 0.05) is 12.1 Å². The van der Waals surface area contributed by atoms with E-state index < -0.39 is 10.9 Å². The fourth-order valence-corrected chi connectivity index (χ4v) is 1.99. The number of nitrogens with zero attached hydrogens (tertiary/aromatic N) is 1. The number of carbonyl (C=O) groups excluding carboxylic acids is 1. The first-order valence-corrected chi connectivity index (χ1v) is 7.08. The van der Waals surface area contributed by atoms with Crippen LogP contribution in [0, 0.1) is 10.1 Å². The number of nitro groups is 1. The molecule has 0 radical (unpaired) electrons. The second kappa shape index (κ2) is 6.85. The first kappa shape index (κ1) is 15.7. The molecule has 5 heteroatoms. The molecule has 5 nitrogen and oxygen atoms in total.